The summed E-state index contributed by atoms with van der Waals surface area (Å²) in [6.07, 6.45) is 1.86. The lowest BCUT2D eigenvalue weighted by molar-refractivity contribution is 0.0873. The summed E-state index contributed by atoms with van der Waals surface area (Å²) >= 11 is 0. The van der Waals surface area contributed by atoms with E-state index in [2.05, 4.69) is 52.2 Å². The van der Waals surface area contributed by atoms with Crippen molar-refractivity contribution in [3.05, 3.63) is 29.8 Å². The van der Waals surface area contributed by atoms with Crippen molar-refractivity contribution in [2.24, 2.45) is 5.92 Å². The van der Waals surface area contributed by atoms with E-state index in [1.54, 1.807) is 0 Å². The number of rotatable bonds is 5. The highest BCUT2D eigenvalue weighted by Gasteiger charge is 2.38. The third-order valence-corrected chi connectivity index (χ3v) is 4.23. The number of hydrogen-bond acceptors (Lipinski definition) is 3. The van der Waals surface area contributed by atoms with Crippen LogP contribution in [0.15, 0.2) is 24.3 Å². The zero-order valence-corrected chi connectivity index (χ0v) is 15.9. The second-order valence-corrected chi connectivity index (χ2v) is 8.70. The van der Waals surface area contributed by atoms with E-state index in [0.717, 1.165) is 18.6 Å². The van der Waals surface area contributed by atoms with Crippen LogP contribution < -0.4 is 15.4 Å². The smallest absolute Gasteiger partial charge is 0.251 e. The molecule has 0 spiro atoms. The van der Waals surface area contributed by atoms with E-state index in [0.29, 0.717) is 18.1 Å². The Morgan fingerprint density at radius 2 is 1.71 bits per heavy atom. The van der Waals surface area contributed by atoms with Gasteiger partial charge in [0.05, 0.1) is 6.61 Å². The average molecular weight is 332 g/mol. The van der Waals surface area contributed by atoms with Gasteiger partial charge >= 0.3 is 0 Å². The van der Waals surface area contributed by atoms with Gasteiger partial charge in [-0.25, -0.2) is 0 Å². The first-order valence-corrected chi connectivity index (χ1v) is 8.89. The number of benzene rings is 1. The van der Waals surface area contributed by atoms with Gasteiger partial charge in [0.2, 0.25) is 0 Å². The zero-order valence-electron chi connectivity index (χ0n) is 15.9. The van der Waals surface area contributed by atoms with Gasteiger partial charge in [0.15, 0.2) is 0 Å². The van der Waals surface area contributed by atoms with Crippen molar-refractivity contribution >= 4 is 5.91 Å². The molecule has 0 unspecified atom stereocenters. The Bertz CT molecular complexity index is 546. The Morgan fingerprint density at radius 1 is 1.17 bits per heavy atom. The van der Waals surface area contributed by atoms with Crippen LogP contribution in [0, 0.1) is 5.92 Å². The lowest BCUT2D eigenvalue weighted by Crippen LogP contribution is -2.62. The SMILES string of the molecule is CC(C)COc1ccc(C(=O)NC2CC(C)(C)NC(C)(C)C2)cc1. The summed E-state index contributed by atoms with van der Waals surface area (Å²) in [4.78, 5) is 12.5. The summed E-state index contributed by atoms with van der Waals surface area (Å²) in [5.74, 6) is 1.29. The number of hydrogen-bond donors (Lipinski definition) is 2. The van der Waals surface area contributed by atoms with E-state index < -0.39 is 0 Å². The maximum absolute atomic E-state index is 12.5. The molecule has 1 amide bonds. The highest BCUT2D eigenvalue weighted by Crippen LogP contribution is 2.28. The monoisotopic (exact) mass is 332 g/mol. The fourth-order valence-corrected chi connectivity index (χ4v) is 3.66. The van der Waals surface area contributed by atoms with E-state index in [1.165, 1.54) is 0 Å². The second-order valence-electron chi connectivity index (χ2n) is 8.70. The summed E-state index contributed by atoms with van der Waals surface area (Å²) in [5, 5.41) is 6.83. The van der Waals surface area contributed by atoms with Gasteiger partial charge in [-0.2, -0.15) is 0 Å². The molecule has 134 valence electrons. The van der Waals surface area contributed by atoms with Gasteiger partial charge in [-0.1, -0.05) is 13.8 Å². The van der Waals surface area contributed by atoms with Crippen LogP contribution in [-0.4, -0.2) is 29.6 Å². The lowest BCUT2D eigenvalue weighted by atomic mass is 9.79. The van der Waals surface area contributed by atoms with Crippen molar-refractivity contribution in [3.63, 3.8) is 0 Å². The van der Waals surface area contributed by atoms with Crippen LogP contribution in [0.5, 0.6) is 5.75 Å². The van der Waals surface area contributed by atoms with Crippen molar-refractivity contribution in [3.8, 4) is 5.75 Å². The summed E-state index contributed by atoms with van der Waals surface area (Å²) in [5.41, 5.74) is 0.726. The van der Waals surface area contributed by atoms with Crippen molar-refractivity contribution in [1.29, 1.82) is 0 Å². The van der Waals surface area contributed by atoms with Gasteiger partial charge in [-0.3, -0.25) is 4.79 Å². The number of piperidine rings is 1. The normalized spacial score (nSPS) is 20.0. The summed E-state index contributed by atoms with van der Waals surface area (Å²) in [6, 6.07) is 7.59. The largest absolute Gasteiger partial charge is 0.493 e. The standard InChI is InChI=1S/C20H32N2O2/c1-14(2)13-24-17-9-7-15(8-10-17)18(23)21-16-11-19(3,4)22-20(5,6)12-16/h7-10,14,16,22H,11-13H2,1-6H3,(H,21,23). The molecule has 2 rings (SSSR count). The van der Waals surface area contributed by atoms with Crippen molar-refractivity contribution in [2.75, 3.05) is 6.61 Å². The predicted molar refractivity (Wildman–Crippen MR) is 98.6 cm³/mol. The molecule has 4 nitrogen and oxygen atoms in total. The van der Waals surface area contributed by atoms with Crippen molar-refractivity contribution < 1.29 is 9.53 Å². The Morgan fingerprint density at radius 3 is 2.21 bits per heavy atom. The van der Waals surface area contributed by atoms with E-state index in [1.807, 2.05) is 24.3 Å². The van der Waals surface area contributed by atoms with Gasteiger partial charge in [0.1, 0.15) is 5.75 Å². The molecule has 0 bridgehead atoms. The molecular weight excluding hydrogens is 300 g/mol. The summed E-state index contributed by atoms with van der Waals surface area (Å²) in [6.45, 7) is 13.7. The molecule has 1 aromatic carbocycles. The van der Waals surface area contributed by atoms with Crippen molar-refractivity contribution in [1.82, 2.24) is 10.6 Å². The van der Waals surface area contributed by atoms with Gasteiger partial charge in [0.25, 0.3) is 5.91 Å². The molecule has 0 saturated carbocycles. The van der Waals surface area contributed by atoms with Crippen LogP contribution in [0.1, 0.15) is 64.7 Å². The first kappa shape index (κ1) is 18.8. The molecule has 1 fully saturated rings. The molecule has 1 saturated heterocycles. The van der Waals surface area contributed by atoms with Crippen molar-refractivity contribution in [2.45, 2.75) is 71.5 Å². The fraction of sp³-hybridized carbons (Fsp3) is 0.650. The molecule has 2 N–H and O–H groups in total. The van der Waals surface area contributed by atoms with Crippen LogP contribution in [0.2, 0.25) is 0 Å². The molecule has 1 aliphatic heterocycles. The lowest BCUT2D eigenvalue weighted by Gasteiger charge is -2.46. The van der Waals surface area contributed by atoms with Crippen LogP contribution in [0.3, 0.4) is 0 Å². The maximum atomic E-state index is 12.5. The van der Waals surface area contributed by atoms with Crippen LogP contribution in [0.4, 0.5) is 0 Å². The minimum atomic E-state index is -0.0103. The number of carbonyl (C=O) groups excluding carboxylic acids is 1. The van der Waals surface area contributed by atoms with Crippen LogP contribution in [0.25, 0.3) is 0 Å². The summed E-state index contributed by atoms with van der Waals surface area (Å²) in [7, 11) is 0. The minimum absolute atomic E-state index is 0.0103. The zero-order chi connectivity index (χ0) is 18.0. The number of amides is 1. The van der Waals surface area contributed by atoms with Crippen LogP contribution >= 0.6 is 0 Å². The molecule has 1 aliphatic rings. The van der Waals surface area contributed by atoms with E-state index in [-0.39, 0.29) is 23.0 Å². The average Bonchev–Trinajstić information content (AvgIpc) is 2.42. The Balaban J connectivity index is 1.96. The van der Waals surface area contributed by atoms with Gasteiger partial charge in [-0.15, -0.1) is 0 Å². The third kappa shape index (κ3) is 5.52. The van der Waals surface area contributed by atoms with Crippen LogP contribution in [-0.2, 0) is 0 Å². The molecule has 0 radical (unpaired) electrons. The van der Waals surface area contributed by atoms with E-state index in [9.17, 15) is 4.79 Å². The maximum Gasteiger partial charge on any atom is 0.251 e. The highest BCUT2D eigenvalue weighted by atomic mass is 16.5. The van der Waals surface area contributed by atoms with E-state index >= 15 is 0 Å². The first-order valence-electron chi connectivity index (χ1n) is 8.89. The molecule has 4 heteroatoms. The van der Waals surface area contributed by atoms with Gasteiger partial charge in [0, 0.05) is 22.7 Å². The topological polar surface area (TPSA) is 50.4 Å². The molecular formula is C20H32N2O2. The fourth-order valence-electron chi connectivity index (χ4n) is 3.66. The molecule has 1 aromatic rings. The first-order chi connectivity index (χ1) is 11.1. The Hall–Kier alpha value is -1.55. The summed E-state index contributed by atoms with van der Waals surface area (Å²) < 4.78 is 5.67. The molecule has 0 aliphatic carbocycles. The molecule has 0 atom stereocenters. The third-order valence-electron chi connectivity index (χ3n) is 4.23. The second kappa shape index (κ2) is 7.14. The number of nitrogens with one attached hydrogen (secondary N) is 2. The number of carbonyl (C=O) groups is 1. The van der Waals surface area contributed by atoms with E-state index in [4.69, 9.17) is 4.74 Å². The van der Waals surface area contributed by atoms with Gasteiger partial charge < -0.3 is 15.4 Å². The Labute approximate surface area is 146 Å². The molecule has 0 aromatic heterocycles. The molecule has 24 heavy (non-hydrogen) atoms. The molecule has 1 heterocycles. The highest BCUT2D eigenvalue weighted by molar-refractivity contribution is 5.94. The minimum Gasteiger partial charge on any atom is -0.493 e. The van der Waals surface area contributed by atoms with Gasteiger partial charge in [-0.05, 0) is 70.7 Å². The Kier molecular flexibility index (Phi) is 5.59. The number of ether oxygens (including phenoxy) is 1. The predicted octanol–water partition coefficient (Wildman–Crippen LogP) is 3.76. The quantitative estimate of drug-likeness (QED) is 0.863.